The molecule has 1 aliphatic heterocycles. The van der Waals surface area contributed by atoms with Crippen LogP contribution < -0.4 is 15.0 Å². The van der Waals surface area contributed by atoms with Gasteiger partial charge in [-0.05, 0) is 60.8 Å². The van der Waals surface area contributed by atoms with Crippen LogP contribution in [0.2, 0.25) is 5.02 Å². The van der Waals surface area contributed by atoms with Crippen LogP contribution in [-0.2, 0) is 4.79 Å². The molecule has 0 bridgehead atoms. The number of hydrogen-bond acceptors (Lipinski definition) is 4. The molecule has 0 saturated carbocycles. The number of carbonyl (C=O) groups is 1. The fourth-order valence-electron chi connectivity index (χ4n) is 2.30. The van der Waals surface area contributed by atoms with Crippen molar-refractivity contribution in [1.82, 2.24) is 5.32 Å². The van der Waals surface area contributed by atoms with E-state index in [0.29, 0.717) is 22.0 Å². The van der Waals surface area contributed by atoms with Crippen LogP contribution in [0.3, 0.4) is 0 Å². The molecular formula is C17H13ClN2O3S. The highest BCUT2D eigenvalue weighted by molar-refractivity contribution is 7.80. The number of phenolic OH excluding ortho intramolecular Hbond substituents is 1. The van der Waals surface area contributed by atoms with E-state index in [0.717, 1.165) is 0 Å². The van der Waals surface area contributed by atoms with Crippen LogP contribution in [0.4, 0.5) is 5.69 Å². The van der Waals surface area contributed by atoms with Gasteiger partial charge in [-0.25, -0.2) is 0 Å². The maximum absolute atomic E-state index is 12.6. The van der Waals surface area contributed by atoms with Crippen molar-refractivity contribution >= 4 is 46.6 Å². The highest BCUT2D eigenvalue weighted by atomic mass is 35.5. The predicted octanol–water partition coefficient (Wildman–Crippen LogP) is 3.32. The van der Waals surface area contributed by atoms with E-state index in [9.17, 15) is 9.90 Å². The van der Waals surface area contributed by atoms with Crippen LogP contribution >= 0.6 is 23.8 Å². The SMILES string of the molecule is COc1ccc(N2C(=O)/C(=C/c3cc(Cl)ccc3O)NC2=S)cc1. The lowest BCUT2D eigenvalue weighted by Gasteiger charge is -2.14. The molecule has 1 saturated heterocycles. The summed E-state index contributed by atoms with van der Waals surface area (Å²) in [6.07, 6.45) is 1.51. The summed E-state index contributed by atoms with van der Waals surface area (Å²) in [4.78, 5) is 14.0. The van der Waals surface area contributed by atoms with E-state index in [1.807, 2.05) is 0 Å². The van der Waals surface area contributed by atoms with Crippen molar-refractivity contribution in [3.63, 3.8) is 0 Å². The minimum atomic E-state index is -0.315. The summed E-state index contributed by atoms with van der Waals surface area (Å²) in [5, 5.41) is 13.5. The summed E-state index contributed by atoms with van der Waals surface area (Å²) in [5.41, 5.74) is 1.31. The van der Waals surface area contributed by atoms with E-state index < -0.39 is 0 Å². The first kappa shape index (κ1) is 16.3. The number of halogens is 1. The van der Waals surface area contributed by atoms with Gasteiger partial charge in [0.2, 0.25) is 0 Å². The molecule has 3 rings (SSSR count). The Hall–Kier alpha value is -2.57. The minimum Gasteiger partial charge on any atom is -0.507 e. The van der Waals surface area contributed by atoms with E-state index in [1.54, 1.807) is 43.5 Å². The predicted molar refractivity (Wildman–Crippen MR) is 97.3 cm³/mol. The normalized spacial score (nSPS) is 15.8. The smallest absolute Gasteiger partial charge is 0.281 e. The minimum absolute atomic E-state index is 0.0234. The van der Waals surface area contributed by atoms with Crippen LogP contribution in [0, 0.1) is 0 Å². The van der Waals surface area contributed by atoms with Gasteiger partial charge in [0.15, 0.2) is 5.11 Å². The molecule has 2 aromatic carbocycles. The highest BCUT2D eigenvalue weighted by Crippen LogP contribution is 2.27. The van der Waals surface area contributed by atoms with Gasteiger partial charge in [-0.3, -0.25) is 9.69 Å². The van der Waals surface area contributed by atoms with Crippen LogP contribution in [0.5, 0.6) is 11.5 Å². The number of thiocarbonyl (C=S) groups is 1. The molecule has 0 atom stereocenters. The number of anilines is 1. The molecule has 0 spiro atoms. The van der Waals surface area contributed by atoms with E-state index in [4.69, 9.17) is 28.6 Å². The molecule has 1 amide bonds. The number of ether oxygens (including phenoxy) is 1. The molecule has 122 valence electrons. The van der Waals surface area contributed by atoms with Gasteiger partial charge in [0.05, 0.1) is 12.8 Å². The molecule has 2 N–H and O–H groups in total. The zero-order valence-electron chi connectivity index (χ0n) is 12.6. The molecule has 0 unspecified atom stereocenters. The highest BCUT2D eigenvalue weighted by Gasteiger charge is 2.32. The first-order valence-electron chi connectivity index (χ1n) is 6.99. The maximum atomic E-state index is 12.6. The second-order valence-electron chi connectivity index (χ2n) is 5.03. The third kappa shape index (κ3) is 3.06. The van der Waals surface area contributed by atoms with Crippen molar-refractivity contribution in [2.24, 2.45) is 0 Å². The quantitative estimate of drug-likeness (QED) is 0.649. The molecule has 2 aromatic rings. The Morgan fingerprint density at radius 1 is 1.25 bits per heavy atom. The average molecular weight is 361 g/mol. The summed E-state index contributed by atoms with van der Waals surface area (Å²) in [7, 11) is 1.57. The molecule has 5 nitrogen and oxygen atoms in total. The molecule has 1 heterocycles. The molecule has 1 aliphatic rings. The Kier molecular flexibility index (Phi) is 4.42. The van der Waals surface area contributed by atoms with E-state index in [-0.39, 0.29) is 22.5 Å². The Morgan fingerprint density at radius 2 is 1.96 bits per heavy atom. The molecule has 24 heavy (non-hydrogen) atoms. The number of phenols is 1. The number of aromatic hydroxyl groups is 1. The lowest BCUT2D eigenvalue weighted by molar-refractivity contribution is -0.113. The van der Waals surface area contributed by atoms with E-state index in [1.165, 1.54) is 17.0 Å². The number of amides is 1. The molecular weight excluding hydrogens is 348 g/mol. The molecule has 1 fully saturated rings. The van der Waals surface area contributed by atoms with Crippen LogP contribution in [0.1, 0.15) is 5.56 Å². The Morgan fingerprint density at radius 3 is 2.62 bits per heavy atom. The van der Waals surface area contributed by atoms with Gasteiger partial charge in [-0.15, -0.1) is 0 Å². The lowest BCUT2D eigenvalue weighted by atomic mass is 10.1. The van der Waals surface area contributed by atoms with Gasteiger partial charge in [0, 0.05) is 10.6 Å². The summed E-state index contributed by atoms with van der Waals surface area (Å²) >= 11 is 11.2. The monoisotopic (exact) mass is 360 g/mol. The van der Waals surface area contributed by atoms with Crippen molar-refractivity contribution in [1.29, 1.82) is 0 Å². The second kappa shape index (κ2) is 6.51. The van der Waals surface area contributed by atoms with Crippen molar-refractivity contribution in [3.05, 3.63) is 58.7 Å². The summed E-state index contributed by atoms with van der Waals surface area (Å²) in [6, 6.07) is 11.6. The lowest BCUT2D eigenvalue weighted by Crippen LogP contribution is -2.30. The number of benzene rings is 2. The largest absolute Gasteiger partial charge is 0.507 e. The molecule has 0 aliphatic carbocycles. The van der Waals surface area contributed by atoms with Gasteiger partial charge in [0.1, 0.15) is 17.2 Å². The van der Waals surface area contributed by atoms with Gasteiger partial charge in [-0.2, -0.15) is 0 Å². The third-order valence-corrected chi connectivity index (χ3v) is 4.02. The van der Waals surface area contributed by atoms with Gasteiger partial charge < -0.3 is 15.2 Å². The van der Waals surface area contributed by atoms with E-state index >= 15 is 0 Å². The van der Waals surface area contributed by atoms with Crippen LogP contribution in [-0.4, -0.2) is 23.2 Å². The number of carbonyl (C=O) groups excluding carboxylic acids is 1. The number of methoxy groups -OCH3 is 1. The van der Waals surface area contributed by atoms with Crippen LogP contribution in [0.25, 0.3) is 6.08 Å². The van der Waals surface area contributed by atoms with Crippen LogP contribution in [0.15, 0.2) is 48.2 Å². The maximum Gasteiger partial charge on any atom is 0.281 e. The fourth-order valence-corrected chi connectivity index (χ4v) is 2.78. The Bertz CT molecular complexity index is 849. The average Bonchev–Trinajstić information content (AvgIpc) is 2.85. The number of hydrogen-bond donors (Lipinski definition) is 2. The van der Waals surface area contributed by atoms with Crippen molar-refractivity contribution in [2.45, 2.75) is 0 Å². The standard InChI is InChI=1S/C17H13ClN2O3S/c1-23-13-5-3-12(4-6-13)20-16(22)14(19-17(20)24)9-10-8-11(18)2-7-15(10)21/h2-9,21H,1H3,(H,19,24)/b14-9-. The first-order chi connectivity index (χ1) is 11.5. The fraction of sp³-hybridized carbons (Fsp3) is 0.0588. The zero-order valence-corrected chi connectivity index (χ0v) is 14.2. The Balaban J connectivity index is 1.93. The van der Waals surface area contributed by atoms with Crippen molar-refractivity contribution in [3.8, 4) is 11.5 Å². The van der Waals surface area contributed by atoms with Gasteiger partial charge >= 0.3 is 0 Å². The number of nitrogens with zero attached hydrogens (tertiary/aromatic N) is 1. The number of nitrogens with one attached hydrogen (secondary N) is 1. The summed E-state index contributed by atoms with van der Waals surface area (Å²) in [5.74, 6) is 0.392. The first-order valence-corrected chi connectivity index (χ1v) is 7.78. The summed E-state index contributed by atoms with van der Waals surface area (Å²) < 4.78 is 5.11. The number of rotatable bonds is 3. The summed E-state index contributed by atoms with van der Waals surface area (Å²) in [6.45, 7) is 0. The van der Waals surface area contributed by atoms with Gasteiger partial charge in [-0.1, -0.05) is 11.6 Å². The Labute approximate surface area is 149 Å². The molecule has 0 aromatic heterocycles. The van der Waals surface area contributed by atoms with Crippen molar-refractivity contribution < 1.29 is 14.6 Å². The molecule has 0 radical (unpaired) electrons. The zero-order chi connectivity index (χ0) is 17.3. The van der Waals surface area contributed by atoms with Gasteiger partial charge in [0.25, 0.3) is 5.91 Å². The second-order valence-corrected chi connectivity index (χ2v) is 5.85. The topological polar surface area (TPSA) is 61.8 Å². The van der Waals surface area contributed by atoms with E-state index in [2.05, 4.69) is 5.32 Å². The molecule has 7 heteroatoms. The van der Waals surface area contributed by atoms with Crippen molar-refractivity contribution in [2.75, 3.05) is 12.0 Å². The third-order valence-electron chi connectivity index (χ3n) is 3.50.